The second kappa shape index (κ2) is 9.37. The molecule has 6 nitrogen and oxygen atoms in total. The zero-order valence-electron chi connectivity index (χ0n) is 16.3. The quantitative estimate of drug-likeness (QED) is 0.572. The van der Waals surface area contributed by atoms with E-state index >= 15 is 0 Å². The first-order valence-corrected chi connectivity index (χ1v) is 9.58. The Kier molecular flexibility index (Phi) is 6.66. The largest absolute Gasteiger partial charge is 0.483 e. The van der Waals surface area contributed by atoms with Gasteiger partial charge in [-0.1, -0.05) is 31.2 Å². The van der Waals surface area contributed by atoms with Crippen LogP contribution in [0.1, 0.15) is 32.3 Å². The minimum absolute atomic E-state index is 0.0175. The lowest BCUT2D eigenvalue weighted by Crippen LogP contribution is -2.25. The predicted octanol–water partition coefficient (Wildman–Crippen LogP) is 3.96. The lowest BCUT2D eigenvalue weighted by molar-refractivity contribution is -0.123. The first-order valence-electron chi connectivity index (χ1n) is 9.58. The normalized spacial score (nSPS) is 12.1. The van der Waals surface area contributed by atoms with E-state index in [1.165, 1.54) is 0 Å². The molecule has 3 aromatic rings. The number of fused-ring (bicyclic) bond motifs is 1. The summed E-state index contributed by atoms with van der Waals surface area (Å²) >= 11 is 0. The number of ether oxygens (including phenoxy) is 1. The second-order valence-corrected chi connectivity index (χ2v) is 6.74. The highest BCUT2D eigenvalue weighted by Crippen LogP contribution is 2.24. The van der Waals surface area contributed by atoms with Gasteiger partial charge in [0.1, 0.15) is 11.3 Å². The van der Waals surface area contributed by atoms with Crippen molar-refractivity contribution in [3.8, 4) is 5.75 Å². The molecular formula is C22H26N2O4. The summed E-state index contributed by atoms with van der Waals surface area (Å²) in [6.07, 6.45) is 0.806. The number of ketones is 1. The number of benzene rings is 2. The average molecular weight is 382 g/mol. The van der Waals surface area contributed by atoms with Crippen molar-refractivity contribution in [2.24, 2.45) is 0 Å². The Labute approximate surface area is 164 Å². The van der Waals surface area contributed by atoms with Crippen LogP contribution >= 0.6 is 0 Å². The zero-order chi connectivity index (χ0) is 19.9. The number of rotatable bonds is 10. The number of aromatic nitrogens is 1. The van der Waals surface area contributed by atoms with E-state index in [4.69, 9.17) is 9.15 Å². The summed E-state index contributed by atoms with van der Waals surface area (Å²) in [6, 6.07) is 15.8. The van der Waals surface area contributed by atoms with Crippen molar-refractivity contribution in [2.45, 2.75) is 39.3 Å². The van der Waals surface area contributed by atoms with Crippen molar-refractivity contribution < 1.29 is 19.1 Å². The average Bonchev–Trinajstić information content (AvgIpc) is 3.13. The van der Waals surface area contributed by atoms with Gasteiger partial charge in [-0.3, -0.25) is 4.79 Å². The molecule has 0 saturated carbocycles. The number of oxazole rings is 1. The number of hydrogen-bond donors (Lipinski definition) is 1. The van der Waals surface area contributed by atoms with Crippen LogP contribution < -0.4 is 9.64 Å². The van der Waals surface area contributed by atoms with Gasteiger partial charge >= 0.3 is 0 Å². The Hall–Kier alpha value is -2.86. The van der Waals surface area contributed by atoms with E-state index in [2.05, 4.69) is 4.98 Å². The molecule has 0 bridgehead atoms. The Bertz CT molecular complexity index is 889. The number of nitrogens with zero attached hydrogens (tertiary/aromatic N) is 2. The molecule has 0 saturated heterocycles. The van der Waals surface area contributed by atoms with Gasteiger partial charge < -0.3 is 19.2 Å². The molecule has 1 aromatic heterocycles. The Morgan fingerprint density at radius 3 is 2.79 bits per heavy atom. The van der Waals surface area contributed by atoms with Gasteiger partial charge in [0.05, 0.1) is 0 Å². The highest BCUT2D eigenvalue weighted by molar-refractivity contribution is 5.80. The first-order chi connectivity index (χ1) is 13.6. The van der Waals surface area contributed by atoms with Crippen LogP contribution in [-0.4, -0.2) is 35.1 Å². The first kappa shape index (κ1) is 19.9. The van der Waals surface area contributed by atoms with E-state index in [1.54, 1.807) is 6.92 Å². The van der Waals surface area contributed by atoms with Gasteiger partial charge in [0.15, 0.2) is 17.5 Å². The Morgan fingerprint density at radius 2 is 2.07 bits per heavy atom. The number of aliphatic hydroxyl groups excluding tert-OH is 1. The topological polar surface area (TPSA) is 75.8 Å². The molecule has 1 heterocycles. The number of Topliss-reactive ketones (excluding diaryl/α,β-unsaturated/α-hetero) is 1. The van der Waals surface area contributed by atoms with Crippen molar-refractivity contribution in [2.75, 3.05) is 18.1 Å². The van der Waals surface area contributed by atoms with Gasteiger partial charge in [-0.05, 0) is 49.6 Å². The molecule has 0 aliphatic heterocycles. The number of carbonyl (C=O) groups excluding carboxylic acids is 1. The summed E-state index contributed by atoms with van der Waals surface area (Å²) in [5.41, 5.74) is 2.54. The van der Waals surface area contributed by atoms with Crippen molar-refractivity contribution in [1.29, 1.82) is 0 Å². The van der Waals surface area contributed by atoms with Crippen molar-refractivity contribution in [1.82, 2.24) is 4.98 Å². The van der Waals surface area contributed by atoms with E-state index < -0.39 is 6.10 Å². The fourth-order valence-electron chi connectivity index (χ4n) is 3.05. The maximum atomic E-state index is 11.7. The number of hydrogen-bond acceptors (Lipinski definition) is 6. The Balaban J connectivity index is 1.80. The number of anilines is 1. The third kappa shape index (κ3) is 4.89. The molecule has 0 fully saturated rings. The molecule has 0 amide bonds. The third-order valence-electron chi connectivity index (χ3n) is 4.51. The van der Waals surface area contributed by atoms with Crippen LogP contribution in [0.2, 0.25) is 0 Å². The van der Waals surface area contributed by atoms with Gasteiger partial charge in [0.2, 0.25) is 0 Å². The molecule has 3 rings (SSSR count). The molecule has 0 radical (unpaired) electrons. The molecule has 0 aliphatic carbocycles. The molecule has 1 unspecified atom stereocenters. The van der Waals surface area contributed by atoms with Crippen molar-refractivity contribution in [3.63, 3.8) is 0 Å². The molecule has 2 aromatic carbocycles. The summed E-state index contributed by atoms with van der Waals surface area (Å²) in [4.78, 5) is 18.2. The van der Waals surface area contributed by atoms with E-state index in [1.807, 2.05) is 60.4 Å². The van der Waals surface area contributed by atoms with Crippen molar-refractivity contribution in [3.05, 3.63) is 54.1 Å². The lowest BCUT2D eigenvalue weighted by Gasteiger charge is -2.21. The van der Waals surface area contributed by atoms with Gasteiger partial charge in [-0.25, -0.2) is 0 Å². The van der Waals surface area contributed by atoms with Gasteiger partial charge in [0.25, 0.3) is 6.01 Å². The summed E-state index contributed by atoms with van der Waals surface area (Å²) in [5.74, 6) is 0.683. The van der Waals surface area contributed by atoms with E-state index in [-0.39, 0.29) is 12.4 Å². The van der Waals surface area contributed by atoms with E-state index in [0.29, 0.717) is 37.7 Å². The summed E-state index contributed by atoms with van der Waals surface area (Å²) in [7, 11) is 0. The lowest BCUT2D eigenvalue weighted by atomic mass is 10.1. The minimum atomic E-state index is -0.433. The SMILES string of the molecule is CCC(Oc1cccc(CN(CCCO)c2nc3ccccc3o2)c1)C(C)=O. The zero-order valence-corrected chi connectivity index (χ0v) is 16.3. The van der Waals surface area contributed by atoms with Gasteiger partial charge in [-0.2, -0.15) is 4.98 Å². The molecule has 0 aliphatic rings. The van der Waals surface area contributed by atoms with Crippen LogP contribution in [0, 0.1) is 0 Å². The van der Waals surface area contributed by atoms with E-state index in [0.717, 1.165) is 16.7 Å². The monoisotopic (exact) mass is 382 g/mol. The summed E-state index contributed by atoms with van der Waals surface area (Å²) < 4.78 is 11.7. The summed E-state index contributed by atoms with van der Waals surface area (Å²) in [6.45, 7) is 4.73. The minimum Gasteiger partial charge on any atom is -0.483 e. The maximum Gasteiger partial charge on any atom is 0.298 e. The van der Waals surface area contributed by atoms with Crippen LogP contribution in [0.5, 0.6) is 5.75 Å². The van der Waals surface area contributed by atoms with Gasteiger partial charge in [-0.15, -0.1) is 0 Å². The molecule has 28 heavy (non-hydrogen) atoms. The van der Waals surface area contributed by atoms with Crippen LogP contribution in [0.3, 0.4) is 0 Å². The highest BCUT2D eigenvalue weighted by atomic mass is 16.5. The number of para-hydroxylation sites is 2. The van der Waals surface area contributed by atoms with Crippen LogP contribution in [-0.2, 0) is 11.3 Å². The number of carbonyl (C=O) groups is 1. The fraction of sp³-hybridized carbons (Fsp3) is 0.364. The van der Waals surface area contributed by atoms with Gasteiger partial charge in [0, 0.05) is 19.7 Å². The summed E-state index contributed by atoms with van der Waals surface area (Å²) in [5, 5.41) is 9.26. The smallest absolute Gasteiger partial charge is 0.298 e. The molecular weight excluding hydrogens is 356 g/mol. The second-order valence-electron chi connectivity index (χ2n) is 6.74. The highest BCUT2D eigenvalue weighted by Gasteiger charge is 2.16. The molecule has 6 heteroatoms. The fourth-order valence-corrected chi connectivity index (χ4v) is 3.05. The molecule has 1 atom stereocenters. The Morgan fingerprint density at radius 1 is 1.25 bits per heavy atom. The van der Waals surface area contributed by atoms with E-state index in [9.17, 15) is 9.90 Å². The third-order valence-corrected chi connectivity index (χ3v) is 4.51. The standard InChI is InChI=1S/C22H26N2O4/c1-3-20(16(2)26)27-18-9-6-8-17(14-18)15-24(12-7-13-25)22-23-19-10-4-5-11-21(19)28-22/h4-6,8-11,14,20,25H,3,7,12-13,15H2,1-2H3. The van der Waals surface area contributed by atoms with Crippen LogP contribution in [0.4, 0.5) is 6.01 Å². The van der Waals surface area contributed by atoms with Crippen LogP contribution in [0.25, 0.3) is 11.1 Å². The van der Waals surface area contributed by atoms with Crippen LogP contribution in [0.15, 0.2) is 52.9 Å². The maximum absolute atomic E-state index is 11.7. The number of aliphatic hydroxyl groups is 1. The van der Waals surface area contributed by atoms with Crippen molar-refractivity contribution >= 4 is 22.9 Å². The molecule has 1 N–H and O–H groups in total. The molecule has 148 valence electrons. The predicted molar refractivity (Wildman–Crippen MR) is 109 cm³/mol. The molecule has 0 spiro atoms.